The summed E-state index contributed by atoms with van der Waals surface area (Å²) in [6, 6.07) is 0. The first-order valence-corrected chi connectivity index (χ1v) is 2.36. The molecule has 0 aliphatic rings. The number of nitrogens with two attached hydrogens (primary N) is 1. The summed E-state index contributed by atoms with van der Waals surface area (Å²) >= 11 is 4.38. The minimum Gasteiger partial charge on any atom is -0.391 e. The first-order chi connectivity index (χ1) is 3.77. The molecule has 0 atom stereocenters. The Morgan fingerprint density at radius 1 is 2.00 bits per heavy atom. The van der Waals surface area contributed by atoms with Gasteiger partial charge in [-0.1, -0.05) is 0 Å². The zero-order valence-corrected chi connectivity index (χ0v) is 4.98. The Hall–Kier alpha value is -0.680. The Bertz CT molecular complexity index is 103. The molecule has 0 bridgehead atoms. The van der Waals surface area contributed by atoms with Crippen LogP contribution in [-0.4, -0.2) is 23.0 Å². The van der Waals surface area contributed by atoms with Gasteiger partial charge in [-0.25, -0.2) is 0 Å². The lowest BCUT2D eigenvalue weighted by Crippen LogP contribution is -2.24. The molecule has 46 valence electrons. The maximum atomic E-state index is 8.11. The van der Waals surface area contributed by atoms with Gasteiger partial charge in [0.05, 0.1) is 12.8 Å². The van der Waals surface area contributed by atoms with Gasteiger partial charge in [0, 0.05) is 0 Å². The van der Waals surface area contributed by atoms with Crippen LogP contribution in [0.1, 0.15) is 0 Å². The van der Waals surface area contributed by atoms with Crippen molar-refractivity contribution < 1.29 is 5.11 Å². The van der Waals surface area contributed by atoms with E-state index in [0.29, 0.717) is 0 Å². The topological polar surface area (TPSA) is 70.6 Å². The molecule has 0 aromatic rings. The smallest absolute Gasteiger partial charge is 0.184 e. The number of hydrazone groups is 1. The normalized spacial score (nSPS) is 9.62. The number of nitrogens with zero attached hydrogens (tertiary/aromatic N) is 1. The molecule has 0 saturated carbocycles. The van der Waals surface area contributed by atoms with Crippen molar-refractivity contribution in [1.29, 1.82) is 0 Å². The van der Waals surface area contributed by atoms with Crippen molar-refractivity contribution in [1.82, 2.24) is 5.43 Å². The summed E-state index contributed by atoms with van der Waals surface area (Å²) in [5.74, 6) is 0. The van der Waals surface area contributed by atoms with E-state index in [9.17, 15) is 0 Å². The molecule has 0 heterocycles. The second-order valence-electron chi connectivity index (χ2n) is 0.970. The van der Waals surface area contributed by atoms with Crippen LogP contribution in [0.4, 0.5) is 0 Å². The minimum atomic E-state index is -0.115. The lowest BCUT2D eigenvalue weighted by Gasteiger charge is -1.90. The highest BCUT2D eigenvalue weighted by Gasteiger charge is 1.74. The molecule has 0 unspecified atom stereocenters. The van der Waals surface area contributed by atoms with Crippen LogP contribution >= 0.6 is 12.2 Å². The summed E-state index contributed by atoms with van der Waals surface area (Å²) in [6.45, 7) is -0.115. The first-order valence-electron chi connectivity index (χ1n) is 1.95. The molecule has 4 N–H and O–H groups in total. The second-order valence-corrected chi connectivity index (χ2v) is 1.41. The molecule has 8 heavy (non-hydrogen) atoms. The molecule has 0 aliphatic heterocycles. The number of thiocarbonyl (C=S) groups is 1. The lowest BCUT2D eigenvalue weighted by molar-refractivity contribution is 0.361. The average Bonchev–Trinajstić information content (AvgIpc) is 1.66. The van der Waals surface area contributed by atoms with Crippen molar-refractivity contribution in [3.05, 3.63) is 0 Å². The van der Waals surface area contributed by atoms with E-state index < -0.39 is 0 Å². The molecule has 0 aliphatic carbocycles. The Morgan fingerprint density at radius 2 is 2.62 bits per heavy atom. The number of rotatable bonds is 2. The molecule has 0 aromatic heterocycles. The van der Waals surface area contributed by atoms with Crippen molar-refractivity contribution in [3.63, 3.8) is 0 Å². The van der Waals surface area contributed by atoms with Gasteiger partial charge in [0.1, 0.15) is 0 Å². The molecule has 0 amide bonds. The minimum absolute atomic E-state index is 0.0923. The van der Waals surface area contributed by atoms with E-state index in [4.69, 9.17) is 10.8 Å². The third-order valence-electron chi connectivity index (χ3n) is 0.348. The Labute approximate surface area is 52.4 Å². The van der Waals surface area contributed by atoms with Crippen molar-refractivity contribution >= 4 is 23.5 Å². The third-order valence-corrected chi connectivity index (χ3v) is 0.439. The molecule has 0 saturated heterocycles. The lowest BCUT2D eigenvalue weighted by atomic mass is 10.8. The fourth-order valence-electron chi connectivity index (χ4n) is 0.150. The predicted octanol–water partition coefficient (Wildman–Crippen LogP) is -1.20. The van der Waals surface area contributed by atoms with Crippen LogP contribution in [0.15, 0.2) is 5.10 Å². The van der Waals surface area contributed by atoms with Crippen LogP contribution in [0.3, 0.4) is 0 Å². The highest BCUT2D eigenvalue weighted by molar-refractivity contribution is 7.80. The van der Waals surface area contributed by atoms with Crippen LogP contribution in [0.25, 0.3) is 0 Å². The number of nitrogens with one attached hydrogen (secondary N) is 1. The quantitative estimate of drug-likeness (QED) is 0.251. The summed E-state index contributed by atoms with van der Waals surface area (Å²) in [4.78, 5) is 0. The van der Waals surface area contributed by atoms with Crippen LogP contribution in [0.5, 0.6) is 0 Å². The molecule has 4 nitrogen and oxygen atoms in total. The van der Waals surface area contributed by atoms with Crippen molar-refractivity contribution in [2.75, 3.05) is 6.61 Å². The molecule has 0 rings (SSSR count). The highest BCUT2D eigenvalue weighted by Crippen LogP contribution is 1.56. The molecule has 0 fully saturated rings. The van der Waals surface area contributed by atoms with E-state index >= 15 is 0 Å². The standard InChI is InChI=1S/C3H7N3OS/c4-3(8)6-5-1-2-7/h1,7H,2H2,(H3,4,6,8)/b5-1+. The van der Waals surface area contributed by atoms with Gasteiger partial charge in [-0.05, 0) is 12.2 Å². The molecular weight excluding hydrogens is 126 g/mol. The van der Waals surface area contributed by atoms with Gasteiger partial charge in [0.25, 0.3) is 0 Å². The summed E-state index contributed by atoms with van der Waals surface area (Å²) < 4.78 is 0. The molecule has 0 aromatic carbocycles. The van der Waals surface area contributed by atoms with Crippen molar-refractivity contribution in [2.45, 2.75) is 0 Å². The molecule has 0 spiro atoms. The first kappa shape index (κ1) is 7.32. The summed E-state index contributed by atoms with van der Waals surface area (Å²) in [5, 5.41) is 11.6. The van der Waals surface area contributed by atoms with E-state index in [1.165, 1.54) is 6.21 Å². The fourth-order valence-corrected chi connectivity index (χ4v) is 0.203. The zero-order chi connectivity index (χ0) is 6.41. The average molecular weight is 133 g/mol. The van der Waals surface area contributed by atoms with Crippen LogP contribution < -0.4 is 11.2 Å². The Balaban J connectivity index is 3.16. The van der Waals surface area contributed by atoms with E-state index in [2.05, 4.69) is 22.7 Å². The maximum absolute atomic E-state index is 8.11. The number of aliphatic hydroxyl groups is 1. The van der Waals surface area contributed by atoms with Gasteiger partial charge in [-0.15, -0.1) is 0 Å². The largest absolute Gasteiger partial charge is 0.391 e. The van der Waals surface area contributed by atoms with Crippen LogP contribution in [-0.2, 0) is 0 Å². The van der Waals surface area contributed by atoms with E-state index in [-0.39, 0.29) is 11.7 Å². The molecular formula is C3H7N3OS. The van der Waals surface area contributed by atoms with Gasteiger partial charge >= 0.3 is 0 Å². The Kier molecular flexibility index (Phi) is 4.10. The monoisotopic (exact) mass is 133 g/mol. The third kappa shape index (κ3) is 5.32. The second kappa shape index (κ2) is 4.48. The van der Waals surface area contributed by atoms with Gasteiger partial charge in [-0.3, -0.25) is 5.43 Å². The van der Waals surface area contributed by atoms with Gasteiger partial charge < -0.3 is 10.8 Å². The predicted molar refractivity (Wildman–Crippen MR) is 35.5 cm³/mol. The van der Waals surface area contributed by atoms with Gasteiger partial charge in [0.15, 0.2) is 5.11 Å². The summed E-state index contributed by atoms with van der Waals surface area (Å²) in [5.41, 5.74) is 7.22. The number of hydrogen-bond acceptors (Lipinski definition) is 3. The van der Waals surface area contributed by atoms with Gasteiger partial charge in [-0.2, -0.15) is 5.10 Å². The SMILES string of the molecule is NC(=S)N/N=C/CO. The number of hydrogen-bond donors (Lipinski definition) is 3. The summed E-state index contributed by atoms with van der Waals surface area (Å²) in [7, 11) is 0. The molecule has 0 radical (unpaired) electrons. The van der Waals surface area contributed by atoms with E-state index in [1.54, 1.807) is 0 Å². The van der Waals surface area contributed by atoms with Crippen molar-refractivity contribution in [3.8, 4) is 0 Å². The van der Waals surface area contributed by atoms with Crippen LogP contribution in [0, 0.1) is 0 Å². The number of aliphatic hydroxyl groups excluding tert-OH is 1. The maximum Gasteiger partial charge on any atom is 0.184 e. The Morgan fingerprint density at radius 3 is 3.00 bits per heavy atom. The van der Waals surface area contributed by atoms with E-state index in [0.717, 1.165) is 0 Å². The van der Waals surface area contributed by atoms with Crippen molar-refractivity contribution in [2.24, 2.45) is 10.8 Å². The fraction of sp³-hybridized carbons (Fsp3) is 0.333. The van der Waals surface area contributed by atoms with Gasteiger partial charge in [0.2, 0.25) is 0 Å². The summed E-state index contributed by atoms with van der Waals surface area (Å²) in [6.07, 6.45) is 1.25. The molecule has 5 heteroatoms. The highest BCUT2D eigenvalue weighted by atomic mass is 32.1. The van der Waals surface area contributed by atoms with E-state index in [1.807, 2.05) is 0 Å². The zero-order valence-electron chi connectivity index (χ0n) is 4.16. The van der Waals surface area contributed by atoms with Crippen LogP contribution in [0.2, 0.25) is 0 Å².